The first-order chi connectivity index (χ1) is 23.0. The third kappa shape index (κ3) is 6.94. The molecule has 244 valence electrons. The summed E-state index contributed by atoms with van der Waals surface area (Å²) in [4.78, 5) is 51.6. The molecule has 0 fully saturated rings. The van der Waals surface area contributed by atoms with Gasteiger partial charge in [0.25, 0.3) is 11.1 Å². The van der Waals surface area contributed by atoms with E-state index in [0.29, 0.717) is 41.8 Å². The van der Waals surface area contributed by atoms with Gasteiger partial charge in [-0.25, -0.2) is 0 Å². The zero-order chi connectivity index (χ0) is 34.1. The summed E-state index contributed by atoms with van der Waals surface area (Å²) >= 11 is 6.35. The first-order valence-corrected chi connectivity index (χ1v) is 16.4. The van der Waals surface area contributed by atoms with Crippen LogP contribution in [0.2, 0.25) is 5.02 Å². The number of nitrogens with zero attached hydrogens (tertiary/aromatic N) is 3. The molecule has 0 spiro atoms. The molecule has 0 saturated carbocycles. The minimum atomic E-state index is 0.00778. The molecule has 3 aromatic heterocycles. The zero-order valence-electron chi connectivity index (χ0n) is 27.5. The summed E-state index contributed by atoms with van der Waals surface area (Å²) in [6, 6.07) is 15.8. The Morgan fingerprint density at radius 2 is 1.23 bits per heavy atom. The number of hydrogen-bond donors (Lipinski definition) is 1. The molecule has 5 aromatic rings. The number of nitrogens with one attached hydrogen (secondary N) is 1. The lowest BCUT2D eigenvalue weighted by atomic mass is 9.87. The van der Waals surface area contributed by atoms with Crippen LogP contribution in [-0.4, -0.2) is 25.7 Å². The molecule has 0 amide bonds. The molecule has 7 rings (SSSR count). The Kier molecular flexibility index (Phi) is 9.29. The Labute approximate surface area is 284 Å². The van der Waals surface area contributed by atoms with Gasteiger partial charge in [0.2, 0.25) is 0 Å². The van der Waals surface area contributed by atoms with Crippen LogP contribution >= 0.6 is 11.6 Å². The molecule has 48 heavy (non-hydrogen) atoms. The van der Waals surface area contributed by atoms with Crippen LogP contribution < -0.4 is 16.4 Å². The summed E-state index contributed by atoms with van der Waals surface area (Å²) in [6.45, 7) is 3.64. The maximum absolute atomic E-state index is 12.0. The number of halogens is 1. The van der Waals surface area contributed by atoms with E-state index in [0.717, 1.165) is 63.2 Å². The predicted octanol–water partition coefficient (Wildman–Crippen LogP) is 6.63. The van der Waals surface area contributed by atoms with E-state index in [-0.39, 0.29) is 22.7 Å². The van der Waals surface area contributed by atoms with Gasteiger partial charge in [-0.2, -0.15) is 0 Å². The molecule has 2 aliphatic rings. The topological polar surface area (TPSA) is 103 Å². The van der Waals surface area contributed by atoms with Gasteiger partial charge in [-0.3, -0.25) is 24.2 Å². The van der Waals surface area contributed by atoms with Crippen molar-refractivity contribution in [3.05, 3.63) is 132 Å². The van der Waals surface area contributed by atoms with Gasteiger partial charge in [0.1, 0.15) is 11.6 Å². The summed E-state index contributed by atoms with van der Waals surface area (Å²) in [7, 11) is 3.52. The summed E-state index contributed by atoms with van der Waals surface area (Å²) in [5, 5.41) is 4.06. The van der Waals surface area contributed by atoms with E-state index < -0.39 is 0 Å². The summed E-state index contributed by atoms with van der Waals surface area (Å²) < 4.78 is 3.20. The lowest BCUT2D eigenvalue weighted by molar-refractivity contribution is -0.119. The Morgan fingerprint density at radius 1 is 0.688 bits per heavy atom. The van der Waals surface area contributed by atoms with Crippen molar-refractivity contribution in [3.8, 4) is 22.3 Å². The fourth-order valence-electron chi connectivity index (χ4n) is 6.51. The number of carbonyl (C=O) groups excluding carboxylic acids is 2. The number of hydrogen-bond acceptors (Lipinski definition) is 6. The molecule has 2 aromatic carbocycles. The van der Waals surface area contributed by atoms with E-state index in [1.165, 1.54) is 5.56 Å². The zero-order valence-corrected chi connectivity index (χ0v) is 28.3. The van der Waals surface area contributed by atoms with Crippen molar-refractivity contribution in [2.75, 3.05) is 5.32 Å². The van der Waals surface area contributed by atoms with Crippen LogP contribution in [-0.2, 0) is 49.4 Å². The molecule has 1 N–H and O–H groups in total. The maximum atomic E-state index is 12.0. The van der Waals surface area contributed by atoms with Crippen molar-refractivity contribution in [2.45, 2.75) is 52.4 Å². The largest absolute Gasteiger partial charge is 0.354 e. The molecular formula is C39H37ClN4O4. The third-order valence-electron chi connectivity index (χ3n) is 9.06. The number of rotatable bonds is 4. The first-order valence-electron chi connectivity index (χ1n) is 16.0. The van der Waals surface area contributed by atoms with Gasteiger partial charge in [0.15, 0.2) is 0 Å². The fraction of sp³-hybridized carbons (Fsp3) is 0.256. The Balaban J connectivity index is 0.000000173. The number of benzene rings is 2. The van der Waals surface area contributed by atoms with Gasteiger partial charge in [-0.05, 0) is 108 Å². The number of Topliss-reactive ketones (excluding diaryl/α,β-unsaturated/α-hetero) is 2. The van der Waals surface area contributed by atoms with Crippen molar-refractivity contribution in [1.29, 1.82) is 0 Å². The molecular weight excluding hydrogens is 624 g/mol. The standard InChI is InChI=1S/C22H21N3O2.C17H16ClNO2/c1-14-8-17(13-25(2)22(14)27)16-9-15-5-6-19(26)11-20(15)21(10-16)24-18-4-3-7-23-12-18;1-10-5-13(9-19(2)17(10)21)12-6-11-3-4-14(20)8-15(11)16(18)7-12/h3-4,7-10,12-13,24H,5-6,11H2,1-2H3;5-7,9H,3-4,8H2,1-2H3. The van der Waals surface area contributed by atoms with Crippen LogP contribution in [0.1, 0.15) is 46.2 Å². The quantitative estimate of drug-likeness (QED) is 0.232. The molecule has 9 heteroatoms. The minimum absolute atomic E-state index is 0.00778. The first kappa shape index (κ1) is 32.8. The number of fused-ring (bicyclic) bond motifs is 2. The van der Waals surface area contributed by atoms with Crippen LogP contribution in [0.3, 0.4) is 0 Å². The molecule has 0 radical (unpaired) electrons. The number of pyridine rings is 3. The molecule has 8 nitrogen and oxygen atoms in total. The third-order valence-corrected chi connectivity index (χ3v) is 9.39. The highest BCUT2D eigenvalue weighted by Crippen LogP contribution is 2.35. The molecule has 0 bridgehead atoms. The van der Waals surface area contributed by atoms with Crippen LogP contribution in [0.5, 0.6) is 0 Å². The van der Waals surface area contributed by atoms with Gasteiger partial charge in [-0.15, -0.1) is 0 Å². The van der Waals surface area contributed by atoms with Crippen molar-refractivity contribution in [2.24, 2.45) is 14.1 Å². The molecule has 0 aliphatic heterocycles. The highest BCUT2D eigenvalue weighted by atomic mass is 35.5. The summed E-state index contributed by atoms with van der Waals surface area (Å²) in [5.41, 5.74) is 11.6. The van der Waals surface area contributed by atoms with E-state index in [2.05, 4.69) is 28.5 Å². The summed E-state index contributed by atoms with van der Waals surface area (Å²) in [6.07, 6.45) is 10.7. The number of ketones is 2. The van der Waals surface area contributed by atoms with E-state index in [9.17, 15) is 19.2 Å². The number of aryl methyl sites for hydroxylation is 6. The average molecular weight is 661 g/mol. The van der Waals surface area contributed by atoms with Crippen molar-refractivity contribution < 1.29 is 9.59 Å². The lowest BCUT2D eigenvalue weighted by Crippen LogP contribution is -2.18. The van der Waals surface area contributed by atoms with Crippen LogP contribution in [0.15, 0.2) is 82.9 Å². The molecule has 0 atom stereocenters. The summed E-state index contributed by atoms with van der Waals surface area (Å²) in [5.74, 6) is 0.512. The molecule has 2 aliphatic carbocycles. The second-order valence-corrected chi connectivity index (χ2v) is 13.1. The van der Waals surface area contributed by atoms with E-state index >= 15 is 0 Å². The predicted molar refractivity (Wildman–Crippen MR) is 190 cm³/mol. The number of carbonyl (C=O) groups is 2. The van der Waals surface area contributed by atoms with Crippen LogP contribution in [0, 0.1) is 13.8 Å². The Hall–Kier alpha value is -5.08. The van der Waals surface area contributed by atoms with Gasteiger partial charge in [0.05, 0.1) is 11.9 Å². The van der Waals surface area contributed by atoms with Gasteiger partial charge in [0, 0.05) is 80.2 Å². The van der Waals surface area contributed by atoms with Crippen LogP contribution in [0.4, 0.5) is 11.4 Å². The average Bonchev–Trinajstić information content (AvgIpc) is 3.06. The van der Waals surface area contributed by atoms with Gasteiger partial charge in [-0.1, -0.05) is 23.7 Å². The van der Waals surface area contributed by atoms with Gasteiger partial charge < -0.3 is 14.5 Å². The number of aromatic nitrogens is 3. The van der Waals surface area contributed by atoms with Crippen molar-refractivity contribution >= 4 is 34.5 Å². The Morgan fingerprint density at radius 3 is 1.77 bits per heavy atom. The van der Waals surface area contributed by atoms with E-state index in [1.54, 1.807) is 35.6 Å². The van der Waals surface area contributed by atoms with Crippen molar-refractivity contribution in [3.63, 3.8) is 0 Å². The highest BCUT2D eigenvalue weighted by molar-refractivity contribution is 6.32. The smallest absolute Gasteiger partial charge is 0.253 e. The second-order valence-electron chi connectivity index (χ2n) is 12.7. The van der Waals surface area contributed by atoms with Crippen molar-refractivity contribution in [1.82, 2.24) is 14.1 Å². The second kappa shape index (κ2) is 13.6. The fourth-order valence-corrected chi connectivity index (χ4v) is 6.81. The highest BCUT2D eigenvalue weighted by Gasteiger charge is 2.22. The molecule has 0 saturated heterocycles. The molecule has 3 heterocycles. The lowest BCUT2D eigenvalue weighted by Gasteiger charge is -2.22. The maximum Gasteiger partial charge on any atom is 0.253 e. The molecule has 0 unspecified atom stereocenters. The van der Waals surface area contributed by atoms with Gasteiger partial charge >= 0.3 is 0 Å². The minimum Gasteiger partial charge on any atom is -0.354 e. The Bertz CT molecular complexity index is 2150. The monoisotopic (exact) mass is 660 g/mol. The van der Waals surface area contributed by atoms with Crippen LogP contribution in [0.25, 0.3) is 22.3 Å². The SMILES string of the molecule is Cc1cc(-c2cc(Cl)c3c(c2)CCC(=O)C3)cn(C)c1=O.Cc1cc(-c2cc3c(c(Nc4cccnc4)c2)CC(=O)CC3)cn(C)c1=O. The normalized spacial score (nSPS) is 13.7. The number of anilines is 2. The van der Waals surface area contributed by atoms with E-state index in [1.807, 2.05) is 56.6 Å². The van der Waals surface area contributed by atoms with E-state index in [4.69, 9.17) is 11.6 Å².